The van der Waals surface area contributed by atoms with E-state index in [-0.39, 0.29) is 12.0 Å². The zero-order valence-electron chi connectivity index (χ0n) is 11.8. The number of halogens is 1. The molecule has 0 amide bonds. The second kappa shape index (κ2) is 6.85. The van der Waals surface area contributed by atoms with Gasteiger partial charge < -0.3 is 10.0 Å². The van der Waals surface area contributed by atoms with E-state index < -0.39 is 0 Å². The molecule has 108 valence electrons. The standard InChI is InChI=1S/C16H20BrNOS/c1-16(12-19,13-6-4-3-5-7-13)11-18(2)9-15-8-14(17)10-20-15/h3-8,10,19H,9,11-12H2,1-2H3. The Morgan fingerprint density at radius 1 is 1.30 bits per heavy atom. The number of likely N-dealkylation sites (N-methyl/N-ethyl adjacent to an activating group) is 1. The molecule has 1 N–H and O–H groups in total. The highest BCUT2D eigenvalue weighted by molar-refractivity contribution is 9.10. The Bertz CT molecular complexity index is 542. The number of hydrogen-bond donors (Lipinski definition) is 1. The van der Waals surface area contributed by atoms with E-state index in [1.165, 1.54) is 10.4 Å². The minimum atomic E-state index is -0.232. The molecule has 0 radical (unpaired) electrons. The predicted molar refractivity (Wildman–Crippen MR) is 89.2 cm³/mol. The zero-order valence-corrected chi connectivity index (χ0v) is 14.2. The van der Waals surface area contributed by atoms with E-state index in [2.05, 4.69) is 58.4 Å². The number of aliphatic hydroxyl groups excluding tert-OH is 1. The number of benzene rings is 1. The topological polar surface area (TPSA) is 23.5 Å². The molecule has 0 aliphatic heterocycles. The van der Waals surface area contributed by atoms with Gasteiger partial charge in [0.15, 0.2) is 0 Å². The summed E-state index contributed by atoms with van der Waals surface area (Å²) in [5.41, 5.74) is 0.950. The van der Waals surface area contributed by atoms with Gasteiger partial charge in [-0.15, -0.1) is 11.3 Å². The largest absolute Gasteiger partial charge is 0.395 e. The predicted octanol–water partition coefficient (Wildman–Crippen LogP) is 3.89. The maximum absolute atomic E-state index is 9.83. The van der Waals surface area contributed by atoms with Crippen molar-refractivity contribution in [1.82, 2.24) is 4.90 Å². The number of aliphatic hydroxyl groups is 1. The van der Waals surface area contributed by atoms with Crippen molar-refractivity contribution in [2.24, 2.45) is 0 Å². The number of rotatable bonds is 6. The normalized spacial score (nSPS) is 14.4. The molecule has 0 aliphatic rings. The third-order valence-corrected chi connectivity index (χ3v) is 5.17. The van der Waals surface area contributed by atoms with Crippen LogP contribution >= 0.6 is 27.3 Å². The summed E-state index contributed by atoms with van der Waals surface area (Å²) in [6.45, 7) is 3.99. The summed E-state index contributed by atoms with van der Waals surface area (Å²) in [5.74, 6) is 0. The van der Waals surface area contributed by atoms with Crippen LogP contribution in [0.25, 0.3) is 0 Å². The smallest absolute Gasteiger partial charge is 0.0537 e. The van der Waals surface area contributed by atoms with Gasteiger partial charge in [0, 0.05) is 33.2 Å². The molecule has 0 saturated carbocycles. The molecular formula is C16H20BrNOS. The van der Waals surface area contributed by atoms with Crippen molar-refractivity contribution in [1.29, 1.82) is 0 Å². The molecule has 0 fully saturated rings. The van der Waals surface area contributed by atoms with Crippen molar-refractivity contribution in [3.05, 3.63) is 56.7 Å². The van der Waals surface area contributed by atoms with E-state index in [9.17, 15) is 5.11 Å². The summed E-state index contributed by atoms with van der Waals surface area (Å²) in [5, 5.41) is 11.9. The Kier molecular flexibility index (Phi) is 5.38. The molecule has 1 unspecified atom stereocenters. The molecule has 0 aliphatic carbocycles. The molecule has 2 aromatic rings. The summed E-state index contributed by atoms with van der Waals surface area (Å²) in [7, 11) is 2.10. The lowest BCUT2D eigenvalue weighted by Gasteiger charge is -2.32. The molecule has 1 heterocycles. The van der Waals surface area contributed by atoms with Crippen LogP contribution in [0.5, 0.6) is 0 Å². The van der Waals surface area contributed by atoms with Gasteiger partial charge in [-0.2, -0.15) is 0 Å². The first-order valence-corrected chi connectivity index (χ1v) is 8.28. The fraction of sp³-hybridized carbons (Fsp3) is 0.375. The highest BCUT2D eigenvalue weighted by Gasteiger charge is 2.27. The molecule has 4 heteroatoms. The Labute approximate surface area is 133 Å². The zero-order chi connectivity index (χ0) is 14.6. The van der Waals surface area contributed by atoms with Crippen LogP contribution in [0.3, 0.4) is 0 Å². The fourth-order valence-corrected chi connectivity index (χ4v) is 3.96. The van der Waals surface area contributed by atoms with Gasteiger partial charge in [-0.1, -0.05) is 37.3 Å². The molecule has 1 aromatic carbocycles. The Morgan fingerprint density at radius 2 is 2.00 bits per heavy atom. The minimum absolute atomic E-state index is 0.148. The number of hydrogen-bond acceptors (Lipinski definition) is 3. The van der Waals surface area contributed by atoms with Crippen molar-refractivity contribution >= 4 is 27.3 Å². The van der Waals surface area contributed by atoms with Crippen LogP contribution in [0.4, 0.5) is 0 Å². The summed E-state index contributed by atoms with van der Waals surface area (Å²) in [6, 6.07) is 12.4. The molecule has 0 saturated heterocycles. The third kappa shape index (κ3) is 3.92. The highest BCUT2D eigenvalue weighted by Crippen LogP contribution is 2.26. The molecule has 0 spiro atoms. The molecule has 1 aromatic heterocycles. The molecule has 20 heavy (non-hydrogen) atoms. The lowest BCUT2D eigenvalue weighted by molar-refractivity contribution is 0.156. The van der Waals surface area contributed by atoms with Gasteiger partial charge in [-0.25, -0.2) is 0 Å². The molecular weight excluding hydrogens is 334 g/mol. The van der Waals surface area contributed by atoms with E-state index >= 15 is 0 Å². The van der Waals surface area contributed by atoms with Gasteiger partial charge in [0.1, 0.15) is 0 Å². The first-order valence-electron chi connectivity index (χ1n) is 6.61. The minimum Gasteiger partial charge on any atom is -0.395 e. The molecule has 2 nitrogen and oxygen atoms in total. The fourth-order valence-electron chi connectivity index (χ4n) is 2.43. The molecule has 1 atom stereocenters. The van der Waals surface area contributed by atoms with Gasteiger partial charge in [0.25, 0.3) is 0 Å². The van der Waals surface area contributed by atoms with Crippen LogP contribution in [0.15, 0.2) is 46.3 Å². The van der Waals surface area contributed by atoms with Crippen molar-refractivity contribution in [2.75, 3.05) is 20.2 Å². The lowest BCUT2D eigenvalue weighted by atomic mass is 9.83. The van der Waals surface area contributed by atoms with Crippen molar-refractivity contribution in [3.63, 3.8) is 0 Å². The van der Waals surface area contributed by atoms with Crippen molar-refractivity contribution < 1.29 is 5.11 Å². The Morgan fingerprint density at radius 3 is 2.55 bits per heavy atom. The monoisotopic (exact) mass is 353 g/mol. The first-order chi connectivity index (χ1) is 9.53. The van der Waals surface area contributed by atoms with E-state index in [0.717, 1.165) is 17.6 Å². The van der Waals surface area contributed by atoms with Crippen LogP contribution < -0.4 is 0 Å². The number of nitrogens with zero attached hydrogens (tertiary/aromatic N) is 1. The van der Waals surface area contributed by atoms with Crippen molar-refractivity contribution in [3.8, 4) is 0 Å². The maximum atomic E-state index is 9.83. The van der Waals surface area contributed by atoms with Crippen LogP contribution in [-0.4, -0.2) is 30.2 Å². The van der Waals surface area contributed by atoms with Crippen LogP contribution in [0, 0.1) is 0 Å². The van der Waals surface area contributed by atoms with Gasteiger partial charge in [-0.05, 0) is 34.6 Å². The summed E-state index contributed by atoms with van der Waals surface area (Å²) >= 11 is 5.24. The average Bonchev–Trinajstić information content (AvgIpc) is 2.84. The summed E-state index contributed by atoms with van der Waals surface area (Å²) in [4.78, 5) is 3.59. The Hall–Kier alpha value is -0.680. The van der Waals surface area contributed by atoms with E-state index in [4.69, 9.17) is 0 Å². The second-order valence-corrected chi connectivity index (χ2v) is 7.40. The van der Waals surface area contributed by atoms with E-state index in [1.54, 1.807) is 11.3 Å². The van der Waals surface area contributed by atoms with Gasteiger partial charge in [0.2, 0.25) is 0 Å². The van der Waals surface area contributed by atoms with Crippen molar-refractivity contribution in [2.45, 2.75) is 18.9 Å². The SMILES string of the molecule is CN(Cc1cc(Br)cs1)CC(C)(CO)c1ccccc1. The van der Waals surface area contributed by atoms with Gasteiger partial charge in [0.05, 0.1) is 6.61 Å². The molecule has 2 rings (SSSR count). The Balaban J connectivity index is 2.06. The van der Waals surface area contributed by atoms with Gasteiger partial charge in [-0.3, -0.25) is 0 Å². The third-order valence-electron chi connectivity index (χ3n) is 3.49. The second-order valence-electron chi connectivity index (χ2n) is 5.49. The first kappa shape index (κ1) is 15.7. The van der Waals surface area contributed by atoms with Gasteiger partial charge >= 0.3 is 0 Å². The average molecular weight is 354 g/mol. The quantitative estimate of drug-likeness (QED) is 0.851. The lowest BCUT2D eigenvalue weighted by Crippen LogP contribution is -2.39. The van der Waals surface area contributed by atoms with E-state index in [1.807, 2.05) is 18.2 Å². The number of thiophene rings is 1. The summed E-state index contributed by atoms with van der Waals surface area (Å²) in [6.07, 6.45) is 0. The van der Waals surface area contributed by atoms with Crippen LogP contribution in [0.1, 0.15) is 17.4 Å². The molecule has 0 bridgehead atoms. The van der Waals surface area contributed by atoms with E-state index in [0.29, 0.717) is 0 Å². The maximum Gasteiger partial charge on any atom is 0.0537 e. The van der Waals surface area contributed by atoms with Crippen LogP contribution in [-0.2, 0) is 12.0 Å². The van der Waals surface area contributed by atoms with Crippen LogP contribution in [0.2, 0.25) is 0 Å². The highest BCUT2D eigenvalue weighted by atomic mass is 79.9. The summed E-state index contributed by atoms with van der Waals surface area (Å²) < 4.78 is 1.14.